The van der Waals surface area contributed by atoms with Gasteiger partial charge in [-0.2, -0.15) is 0 Å². The van der Waals surface area contributed by atoms with E-state index in [-0.39, 0.29) is 5.91 Å². The van der Waals surface area contributed by atoms with Crippen LogP contribution in [0.5, 0.6) is 0 Å². The summed E-state index contributed by atoms with van der Waals surface area (Å²) in [5.74, 6) is -0.00291. The number of nitrogens with zero attached hydrogens (tertiary/aromatic N) is 1. The molecule has 0 unspecified atom stereocenters. The number of benzene rings is 2. The molecule has 1 N–H and O–H groups in total. The second kappa shape index (κ2) is 5.67. The minimum Gasteiger partial charge on any atom is -0.365 e. The van der Waals surface area contributed by atoms with Gasteiger partial charge in [-0.15, -0.1) is 0 Å². The van der Waals surface area contributed by atoms with Crippen LogP contribution in [0.1, 0.15) is 15.9 Å². The number of hydrogen-bond acceptors (Lipinski definition) is 2. The molecule has 1 aliphatic heterocycles. The van der Waals surface area contributed by atoms with E-state index in [0.717, 1.165) is 28.8 Å². The molecule has 0 aliphatic carbocycles. The number of hydrogen-bond donors (Lipinski definition) is 1. The van der Waals surface area contributed by atoms with Crippen molar-refractivity contribution in [3.05, 3.63) is 64.1 Å². The number of nitrogens with one attached hydrogen (secondary N) is 1. The highest BCUT2D eigenvalue weighted by molar-refractivity contribution is 9.10. The van der Waals surface area contributed by atoms with E-state index in [9.17, 15) is 4.79 Å². The standard InChI is InChI=1S/C16H15BrN2O/c17-13-6-7-15-14(10-13)16(20)18-8-9-19(15)11-12-4-2-1-3-5-12/h1-7,10H,8-9,11H2,(H,18,20). The van der Waals surface area contributed by atoms with E-state index in [0.29, 0.717) is 6.54 Å². The van der Waals surface area contributed by atoms with Crippen LogP contribution in [0, 0.1) is 0 Å². The molecule has 0 saturated carbocycles. The number of amides is 1. The van der Waals surface area contributed by atoms with E-state index < -0.39 is 0 Å². The van der Waals surface area contributed by atoms with Crippen molar-refractivity contribution in [2.75, 3.05) is 18.0 Å². The predicted octanol–water partition coefficient (Wildman–Crippen LogP) is 3.20. The second-order valence-corrected chi connectivity index (χ2v) is 5.74. The fourth-order valence-corrected chi connectivity index (χ4v) is 2.82. The van der Waals surface area contributed by atoms with Crippen molar-refractivity contribution in [2.24, 2.45) is 0 Å². The minimum atomic E-state index is -0.00291. The molecule has 4 heteroatoms. The van der Waals surface area contributed by atoms with Crippen LogP contribution < -0.4 is 10.2 Å². The Bertz CT molecular complexity index is 628. The van der Waals surface area contributed by atoms with Crippen LogP contribution in [0.15, 0.2) is 53.0 Å². The van der Waals surface area contributed by atoms with Gasteiger partial charge in [-0.3, -0.25) is 4.79 Å². The Hall–Kier alpha value is -1.81. The van der Waals surface area contributed by atoms with Gasteiger partial charge in [0.15, 0.2) is 0 Å². The maximum absolute atomic E-state index is 12.1. The molecular weight excluding hydrogens is 316 g/mol. The topological polar surface area (TPSA) is 32.3 Å². The molecule has 3 rings (SSSR count). The Balaban J connectivity index is 1.96. The number of carbonyl (C=O) groups is 1. The molecule has 2 aromatic rings. The molecule has 3 nitrogen and oxygen atoms in total. The van der Waals surface area contributed by atoms with Gasteiger partial charge < -0.3 is 10.2 Å². The van der Waals surface area contributed by atoms with Crippen molar-refractivity contribution in [3.8, 4) is 0 Å². The first-order valence-electron chi connectivity index (χ1n) is 6.60. The number of halogens is 1. The summed E-state index contributed by atoms with van der Waals surface area (Å²) in [7, 11) is 0. The summed E-state index contributed by atoms with van der Waals surface area (Å²) in [6.07, 6.45) is 0. The van der Waals surface area contributed by atoms with Gasteiger partial charge in [0, 0.05) is 29.8 Å². The molecule has 0 bridgehead atoms. The summed E-state index contributed by atoms with van der Waals surface area (Å²) >= 11 is 3.43. The van der Waals surface area contributed by atoms with E-state index in [2.05, 4.69) is 38.3 Å². The maximum Gasteiger partial charge on any atom is 0.253 e. The van der Waals surface area contributed by atoms with Crippen molar-refractivity contribution in [1.82, 2.24) is 5.32 Å². The average molecular weight is 331 g/mol. The van der Waals surface area contributed by atoms with Crippen molar-refractivity contribution in [1.29, 1.82) is 0 Å². The quantitative estimate of drug-likeness (QED) is 0.917. The molecule has 0 aromatic heterocycles. The lowest BCUT2D eigenvalue weighted by Gasteiger charge is -2.24. The zero-order valence-corrected chi connectivity index (χ0v) is 12.6. The highest BCUT2D eigenvalue weighted by Crippen LogP contribution is 2.27. The largest absolute Gasteiger partial charge is 0.365 e. The molecule has 0 spiro atoms. The Morgan fingerprint density at radius 2 is 1.95 bits per heavy atom. The normalized spacial score (nSPS) is 14.4. The predicted molar refractivity (Wildman–Crippen MR) is 84.0 cm³/mol. The van der Waals surface area contributed by atoms with Crippen LogP contribution in [-0.2, 0) is 6.54 Å². The summed E-state index contributed by atoms with van der Waals surface area (Å²) in [5.41, 5.74) is 2.97. The molecule has 102 valence electrons. The molecule has 20 heavy (non-hydrogen) atoms. The first-order valence-corrected chi connectivity index (χ1v) is 7.40. The van der Waals surface area contributed by atoms with Crippen molar-refractivity contribution < 1.29 is 4.79 Å². The van der Waals surface area contributed by atoms with Gasteiger partial charge in [0.2, 0.25) is 0 Å². The third-order valence-corrected chi connectivity index (χ3v) is 3.92. The summed E-state index contributed by atoms with van der Waals surface area (Å²) in [6.45, 7) is 2.29. The Morgan fingerprint density at radius 1 is 1.15 bits per heavy atom. The fourth-order valence-electron chi connectivity index (χ4n) is 2.45. The zero-order valence-electron chi connectivity index (χ0n) is 11.0. The number of carbonyl (C=O) groups excluding carboxylic acids is 1. The fraction of sp³-hybridized carbons (Fsp3) is 0.188. The lowest BCUT2D eigenvalue weighted by Crippen LogP contribution is -2.29. The summed E-state index contributed by atoms with van der Waals surface area (Å²) in [4.78, 5) is 14.3. The molecule has 0 atom stereocenters. The Labute approximate surface area is 126 Å². The molecule has 1 amide bonds. The molecule has 1 aliphatic rings. The first-order chi connectivity index (χ1) is 9.74. The highest BCUT2D eigenvalue weighted by atomic mass is 79.9. The van der Waals surface area contributed by atoms with Gasteiger partial charge in [0.25, 0.3) is 5.91 Å². The van der Waals surface area contributed by atoms with Crippen LogP contribution in [0.3, 0.4) is 0 Å². The highest BCUT2D eigenvalue weighted by Gasteiger charge is 2.20. The molecule has 0 saturated heterocycles. The number of anilines is 1. The maximum atomic E-state index is 12.1. The van der Waals surface area contributed by atoms with E-state index in [1.54, 1.807) is 0 Å². The second-order valence-electron chi connectivity index (χ2n) is 4.82. The van der Waals surface area contributed by atoms with Gasteiger partial charge in [-0.25, -0.2) is 0 Å². The van der Waals surface area contributed by atoms with E-state index in [1.807, 2.05) is 36.4 Å². The Morgan fingerprint density at radius 3 is 2.75 bits per heavy atom. The van der Waals surface area contributed by atoms with Crippen LogP contribution in [0.2, 0.25) is 0 Å². The molecule has 0 fully saturated rings. The van der Waals surface area contributed by atoms with Gasteiger partial charge in [-0.1, -0.05) is 46.3 Å². The van der Waals surface area contributed by atoms with Crippen LogP contribution in [0.4, 0.5) is 5.69 Å². The third kappa shape index (κ3) is 2.70. The van der Waals surface area contributed by atoms with Crippen LogP contribution in [-0.4, -0.2) is 19.0 Å². The number of fused-ring (bicyclic) bond motifs is 1. The first kappa shape index (κ1) is 13.2. The Kier molecular flexibility index (Phi) is 3.74. The zero-order chi connectivity index (χ0) is 13.9. The SMILES string of the molecule is O=C1NCCN(Cc2ccccc2)c2ccc(Br)cc21. The van der Waals surface area contributed by atoms with E-state index in [4.69, 9.17) is 0 Å². The van der Waals surface area contributed by atoms with Gasteiger partial charge in [0.05, 0.1) is 5.56 Å². The van der Waals surface area contributed by atoms with Crippen molar-refractivity contribution >= 4 is 27.5 Å². The average Bonchev–Trinajstić information content (AvgIpc) is 2.60. The number of rotatable bonds is 2. The van der Waals surface area contributed by atoms with Crippen molar-refractivity contribution in [2.45, 2.75) is 6.54 Å². The summed E-state index contributed by atoms with van der Waals surface area (Å²) in [6, 6.07) is 16.2. The summed E-state index contributed by atoms with van der Waals surface area (Å²) < 4.78 is 0.924. The van der Waals surface area contributed by atoms with Gasteiger partial charge >= 0.3 is 0 Å². The molecular formula is C16H15BrN2O. The van der Waals surface area contributed by atoms with E-state index >= 15 is 0 Å². The minimum absolute atomic E-state index is 0.00291. The smallest absolute Gasteiger partial charge is 0.253 e. The monoisotopic (exact) mass is 330 g/mol. The molecule has 1 heterocycles. The lowest BCUT2D eigenvalue weighted by atomic mass is 10.1. The van der Waals surface area contributed by atoms with Gasteiger partial charge in [-0.05, 0) is 23.8 Å². The van der Waals surface area contributed by atoms with E-state index in [1.165, 1.54) is 5.56 Å². The molecule has 2 aromatic carbocycles. The third-order valence-electron chi connectivity index (χ3n) is 3.43. The lowest BCUT2D eigenvalue weighted by molar-refractivity contribution is 0.0958. The van der Waals surface area contributed by atoms with Crippen molar-refractivity contribution in [3.63, 3.8) is 0 Å². The van der Waals surface area contributed by atoms with Crippen LogP contribution >= 0.6 is 15.9 Å². The van der Waals surface area contributed by atoms with Crippen LogP contribution in [0.25, 0.3) is 0 Å². The summed E-state index contributed by atoms with van der Waals surface area (Å²) in [5, 5.41) is 2.94. The molecule has 0 radical (unpaired) electrons. The van der Waals surface area contributed by atoms with Gasteiger partial charge in [0.1, 0.15) is 0 Å².